The first-order valence-electron chi connectivity index (χ1n) is 6.08. The molecule has 0 fully saturated rings. The van der Waals surface area contributed by atoms with Crippen LogP contribution in [0.5, 0.6) is 5.75 Å². The number of rotatable bonds is 8. The van der Waals surface area contributed by atoms with Crippen molar-refractivity contribution in [2.75, 3.05) is 25.2 Å². The Hall–Kier alpha value is -0.980. The molecule has 19 heavy (non-hydrogen) atoms. The van der Waals surface area contributed by atoms with Crippen molar-refractivity contribution < 1.29 is 18.4 Å². The van der Waals surface area contributed by atoms with E-state index in [1.54, 1.807) is 18.4 Å². The minimum absolute atomic E-state index is 0.00979. The van der Waals surface area contributed by atoms with Gasteiger partial charge in [-0.3, -0.25) is 4.21 Å². The molecule has 1 aromatic carbocycles. The molecule has 0 amide bonds. The predicted molar refractivity (Wildman–Crippen MR) is 74.3 cm³/mol. The van der Waals surface area contributed by atoms with Gasteiger partial charge in [0.25, 0.3) is 0 Å². The van der Waals surface area contributed by atoms with Crippen LogP contribution in [-0.4, -0.2) is 46.6 Å². The minimum atomic E-state index is -0.872. The van der Waals surface area contributed by atoms with Gasteiger partial charge in [0.2, 0.25) is 0 Å². The fourth-order valence-electron chi connectivity index (χ4n) is 1.55. The Morgan fingerprint density at radius 1 is 1.47 bits per heavy atom. The molecule has 0 aromatic heterocycles. The zero-order chi connectivity index (χ0) is 14.3. The van der Waals surface area contributed by atoms with Crippen molar-refractivity contribution in [1.82, 2.24) is 5.32 Å². The standard InChI is InChI=1S/C13H20FNO3S/c1-10(9-19(2)17)15-7-11(16)8-18-13-6-4-3-5-12(13)14/h3-6,10-11,15-16H,7-9H2,1-2H3. The number of ether oxygens (including phenoxy) is 1. The van der Waals surface area contributed by atoms with Gasteiger partial charge in [0, 0.05) is 35.4 Å². The Morgan fingerprint density at radius 2 is 2.16 bits per heavy atom. The van der Waals surface area contributed by atoms with Crippen molar-refractivity contribution in [3.05, 3.63) is 30.1 Å². The Labute approximate surface area is 115 Å². The molecule has 0 spiro atoms. The highest BCUT2D eigenvalue weighted by Gasteiger charge is 2.10. The normalized spacial score (nSPS) is 15.8. The Bertz CT molecular complexity index is 417. The highest BCUT2D eigenvalue weighted by molar-refractivity contribution is 7.84. The molecule has 0 saturated heterocycles. The van der Waals surface area contributed by atoms with Crippen LogP contribution < -0.4 is 10.1 Å². The monoisotopic (exact) mass is 289 g/mol. The zero-order valence-electron chi connectivity index (χ0n) is 11.1. The van der Waals surface area contributed by atoms with Gasteiger partial charge < -0.3 is 15.2 Å². The van der Waals surface area contributed by atoms with E-state index in [2.05, 4.69) is 5.32 Å². The van der Waals surface area contributed by atoms with E-state index in [9.17, 15) is 13.7 Å². The minimum Gasteiger partial charge on any atom is -0.488 e. The van der Waals surface area contributed by atoms with Crippen LogP contribution >= 0.6 is 0 Å². The molecule has 1 rings (SSSR count). The molecule has 0 saturated carbocycles. The van der Waals surface area contributed by atoms with Crippen molar-refractivity contribution in [3.8, 4) is 5.75 Å². The first-order valence-corrected chi connectivity index (χ1v) is 7.80. The largest absolute Gasteiger partial charge is 0.488 e. The summed E-state index contributed by atoms with van der Waals surface area (Å²) in [6, 6.07) is 6.11. The molecule has 3 atom stereocenters. The Kier molecular flexibility index (Phi) is 6.97. The predicted octanol–water partition coefficient (Wildman–Crippen LogP) is 0.922. The number of benzene rings is 1. The van der Waals surface area contributed by atoms with Gasteiger partial charge in [0.1, 0.15) is 12.7 Å². The van der Waals surface area contributed by atoms with Crippen LogP contribution in [0.3, 0.4) is 0 Å². The summed E-state index contributed by atoms with van der Waals surface area (Å²) in [5.74, 6) is 0.211. The van der Waals surface area contributed by atoms with E-state index in [-0.39, 0.29) is 18.4 Å². The number of para-hydroxylation sites is 1. The zero-order valence-corrected chi connectivity index (χ0v) is 12.0. The molecule has 2 N–H and O–H groups in total. The molecular weight excluding hydrogens is 269 g/mol. The molecule has 3 unspecified atom stereocenters. The number of aliphatic hydroxyl groups excluding tert-OH is 1. The van der Waals surface area contributed by atoms with Crippen LogP contribution in [0.1, 0.15) is 6.92 Å². The highest BCUT2D eigenvalue weighted by atomic mass is 32.2. The van der Waals surface area contributed by atoms with Gasteiger partial charge >= 0.3 is 0 Å². The summed E-state index contributed by atoms with van der Waals surface area (Å²) in [6.07, 6.45) is 0.892. The fourth-order valence-corrected chi connectivity index (χ4v) is 2.38. The quantitative estimate of drug-likeness (QED) is 0.747. The molecule has 0 bridgehead atoms. The van der Waals surface area contributed by atoms with E-state index in [0.717, 1.165) is 0 Å². The number of hydrogen-bond donors (Lipinski definition) is 2. The summed E-state index contributed by atoms with van der Waals surface area (Å²) in [4.78, 5) is 0. The molecule has 6 heteroatoms. The summed E-state index contributed by atoms with van der Waals surface area (Å²) in [7, 11) is -0.872. The topological polar surface area (TPSA) is 58.6 Å². The van der Waals surface area contributed by atoms with E-state index in [1.165, 1.54) is 12.1 Å². The summed E-state index contributed by atoms with van der Waals surface area (Å²) in [5, 5.41) is 12.7. The van der Waals surface area contributed by atoms with Gasteiger partial charge in [-0.05, 0) is 19.1 Å². The third-order valence-corrected chi connectivity index (χ3v) is 3.42. The lowest BCUT2D eigenvalue weighted by atomic mass is 10.3. The number of nitrogens with one attached hydrogen (secondary N) is 1. The summed E-state index contributed by atoms with van der Waals surface area (Å²) in [5.41, 5.74) is 0. The van der Waals surface area contributed by atoms with Gasteiger partial charge in [-0.15, -0.1) is 0 Å². The van der Waals surface area contributed by atoms with Crippen molar-refractivity contribution in [1.29, 1.82) is 0 Å². The van der Waals surface area contributed by atoms with E-state index >= 15 is 0 Å². The summed E-state index contributed by atoms with van der Waals surface area (Å²) in [6.45, 7) is 2.22. The molecule has 0 aliphatic rings. The van der Waals surface area contributed by atoms with Crippen molar-refractivity contribution in [3.63, 3.8) is 0 Å². The third kappa shape index (κ3) is 6.66. The van der Waals surface area contributed by atoms with E-state index in [4.69, 9.17) is 4.74 Å². The fraction of sp³-hybridized carbons (Fsp3) is 0.538. The molecular formula is C13H20FNO3S. The number of halogens is 1. The van der Waals surface area contributed by atoms with Crippen LogP contribution in [0.2, 0.25) is 0 Å². The van der Waals surface area contributed by atoms with Crippen LogP contribution in [0, 0.1) is 5.82 Å². The first-order chi connectivity index (χ1) is 8.99. The lowest BCUT2D eigenvalue weighted by Gasteiger charge is -2.17. The average molecular weight is 289 g/mol. The third-order valence-electron chi connectivity index (χ3n) is 2.45. The van der Waals surface area contributed by atoms with E-state index in [1.807, 2.05) is 6.92 Å². The average Bonchev–Trinajstić information content (AvgIpc) is 2.34. The SMILES string of the molecule is CC(CS(C)=O)NCC(O)COc1ccccc1F. The molecule has 108 valence electrons. The lowest BCUT2D eigenvalue weighted by molar-refractivity contribution is 0.102. The number of hydrogen-bond acceptors (Lipinski definition) is 4. The maximum Gasteiger partial charge on any atom is 0.165 e. The highest BCUT2D eigenvalue weighted by Crippen LogP contribution is 2.15. The second kappa shape index (κ2) is 8.24. The lowest BCUT2D eigenvalue weighted by Crippen LogP contribution is -2.39. The smallest absolute Gasteiger partial charge is 0.165 e. The van der Waals surface area contributed by atoms with Crippen LogP contribution in [0.4, 0.5) is 4.39 Å². The second-order valence-corrected chi connectivity index (χ2v) is 5.92. The first kappa shape index (κ1) is 16.1. The maximum atomic E-state index is 13.2. The maximum absolute atomic E-state index is 13.2. The molecule has 0 heterocycles. The van der Waals surface area contributed by atoms with Crippen LogP contribution in [0.15, 0.2) is 24.3 Å². The van der Waals surface area contributed by atoms with Crippen molar-refractivity contribution in [2.24, 2.45) is 0 Å². The van der Waals surface area contributed by atoms with Crippen LogP contribution in [-0.2, 0) is 10.8 Å². The molecule has 0 aliphatic carbocycles. The van der Waals surface area contributed by atoms with E-state index < -0.39 is 22.7 Å². The van der Waals surface area contributed by atoms with Gasteiger partial charge in [0.05, 0.1) is 0 Å². The summed E-state index contributed by atoms with van der Waals surface area (Å²) >= 11 is 0. The summed E-state index contributed by atoms with van der Waals surface area (Å²) < 4.78 is 29.4. The second-order valence-electron chi connectivity index (χ2n) is 4.44. The van der Waals surface area contributed by atoms with Crippen molar-refractivity contribution >= 4 is 10.8 Å². The molecule has 4 nitrogen and oxygen atoms in total. The molecule has 1 aromatic rings. The van der Waals surface area contributed by atoms with Crippen molar-refractivity contribution in [2.45, 2.75) is 19.1 Å². The molecule has 0 radical (unpaired) electrons. The molecule has 0 aliphatic heterocycles. The Balaban J connectivity index is 2.26. The number of aliphatic hydroxyl groups is 1. The van der Waals surface area contributed by atoms with Gasteiger partial charge in [-0.25, -0.2) is 4.39 Å². The van der Waals surface area contributed by atoms with Gasteiger partial charge in [-0.1, -0.05) is 12.1 Å². The van der Waals surface area contributed by atoms with Crippen LogP contribution in [0.25, 0.3) is 0 Å². The van der Waals surface area contributed by atoms with Gasteiger partial charge in [-0.2, -0.15) is 0 Å². The van der Waals surface area contributed by atoms with Gasteiger partial charge in [0.15, 0.2) is 11.6 Å². The Morgan fingerprint density at radius 3 is 2.79 bits per heavy atom. The van der Waals surface area contributed by atoms with E-state index in [0.29, 0.717) is 12.3 Å².